The van der Waals surface area contributed by atoms with Gasteiger partial charge < -0.3 is 16.0 Å². The molecule has 1 aromatic rings. The maximum Gasteiger partial charge on any atom is 0.239 e. The number of amides is 1. The highest BCUT2D eigenvalue weighted by Gasteiger charge is 2.21. The molecule has 0 bridgehead atoms. The predicted molar refractivity (Wildman–Crippen MR) is 85.2 cm³/mol. The Morgan fingerprint density at radius 2 is 1.95 bits per heavy atom. The first-order valence-electron chi connectivity index (χ1n) is 7.53. The Bertz CT molecular complexity index is 468. The van der Waals surface area contributed by atoms with Crippen LogP contribution in [0.2, 0.25) is 0 Å². The van der Waals surface area contributed by atoms with E-state index < -0.39 is 0 Å². The van der Waals surface area contributed by atoms with E-state index in [2.05, 4.69) is 33.1 Å². The number of hydrogen-bond donors (Lipinski definition) is 3. The monoisotopic (exact) mass is 288 g/mol. The van der Waals surface area contributed by atoms with Crippen molar-refractivity contribution in [3.63, 3.8) is 0 Å². The van der Waals surface area contributed by atoms with Crippen molar-refractivity contribution >= 4 is 11.9 Å². The molecule has 2 rings (SSSR count). The maximum atomic E-state index is 11.7. The van der Waals surface area contributed by atoms with Crippen LogP contribution in [0.1, 0.15) is 18.4 Å². The van der Waals surface area contributed by atoms with Crippen molar-refractivity contribution < 1.29 is 4.79 Å². The van der Waals surface area contributed by atoms with E-state index in [1.165, 1.54) is 18.4 Å². The Morgan fingerprint density at radius 1 is 1.19 bits per heavy atom. The van der Waals surface area contributed by atoms with Gasteiger partial charge in [0.25, 0.3) is 0 Å². The fourth-order valence-electron chi connectivity index (χ4n) is 2.00. The highest BCUT2D eigenvalue weighted by atomic mass is 16.1. The fraction of sp³-hybridized carbons (Fsp3) is 0.500. The van der Waals surface area contributed by atoms with Crippen molar-refractivity contribution in [1.82, 2.24) is 16.0 Å². The Hall–Kier alpha value is -2.04. The van der Waals surface area contributed by atoms with Crippen molar-refractivity contribution in [3.05, 3.63) is 35.9 Å². The van der Waals surface area contributed by atoms with E-state index in [4.69, 9.17) is 0 Å². The van der Waals surface area contributed by atoms with E-state index in [0.29, 0.717) is 12.5 Å². The van der Waals surface area contributed by atoms with Crippen molar-refractivity contribution in [2.75, 3.05) is 26.7 Å². The lowest BCUT2D eigenvalue weighted by molar-refractivity contribution is -0.119. The summed E-state index contributed by atoms with van der Waals surface area (Å²) in [6.45, 7) is 1.84. The first-order chi connectivity index (χ1) is 10.3. The van der Waals surface area contributed by atoms with Crippen LogP contribution in [0.25, 0.3) is 0 Å². The van der Waals surface area contributed by atoms with Gasteiger partial charge in [-0.2, -0.15) is 0 Å². The van der Waals surface area contributed by atoms with Gasteiger partial charge >= 0.3 is 0 Å². The van der Waals surface area contributed by atoms with E-state index in [-0.39, 0.29) is 12.5 Å². The SMILES string of the molecule is CN=C(NCC(=O)NCCc1ccccc1)NCC1CC1. The number of aliphatic imine (C=N–C) groups is 1. The number of nitrogens with zero attached hydrogens (tertiary/aromatic N) is 1. The Morgan fingerprint density at radius 3 is 2.62 bits per heavy atom. The first kappa shape index (κ1) is 15.4. The summed E-state index contributed by atoms with van der Waals surface area (Å²) < 4.78 is 0. The Kier molecular flexibility index (Phi) is 6.06. The third-order valence-electron chi connectivity index (χ3n) is 3.47. The molecule has 5 nitrogen and oxygen atoms in total. The molecule has 0 saturated heterocycles. The topological polar surface area (TPSA) is 65.5 Å². The lowest BCUT2D eigenvalue weighted by atomic mass is 10.1. The lowest BCUT2D eigenvalue weighted by Crippen LogP contribution is -2.44. The standard InChI is InChI=1S/C16H24N4O/c1-17-16(19-11-14-7-8-14)20-12-15(21)18-10-9-13-5-3-2-4-6-13/h2-6,14H,7-12H2,1H3,(H,18,21)(H2,17,19,20). The van der Waals surface area contributed by atoms with Gasteiger partial charge in [-0.15, -0.1) is 0 Å². The molecule has 0 spiro atoms. The number of benzene rings is 1. The highest BCUT2D eigenvalue weighted by molar-refractivity contribution is 5.86. The Labute approximate surface area is 126 Å². The predicted octanol–water partition coefficient (Wildman–Crippen LogP) is 0.920. The molecule has 3 N–H and O–H groups in total. The number of carbonyl (C=O) groups excluding carboxylic acids is 1. The molecule has 1 aliphatic carbocycles. The van der Waals surface area contributed by atoms with Crippen LogP contribution in [-0.2, 0) is 11.2 Å². The Balaban J connectivity index is 1.57. The molecule has 0 aliphatic heterocycles. The van der Waals surface area contributed by atoms with Crippen LogP contribution >= 0.6 is 0 Å². The van der Waals surface area contributed by atoms with Crippen LogP contribution in [-0.4, -0.2) is 38.5 Å². The van der Waals surface area contributed by atoms with Crippen molar-refractivity contribution in [1.29, 1.82) is 0 Å². The van der Waals surface area contributed by atoms with Gasteiger partial charge in [-0.3, -0.25) is 9.79 Å². The number of nitrogens with one attached hydrogen (secondary N) is 3. The molecule has 0 radical (unpaired) electrons. The number of guanidine groups is 1. The first-order valence-corrected chi connectivity index (χ1v) is 7.53. The van der Waals surface area contributed by atoms with Crippen LogP contribution in [0.3, 0.4) is 0 Å². The summed E-state index contributed by atoms with van der Waals surface area (Å²) in [7, 11) is 1.72. The van der Waals surface area contributed by atoms with E-state index >= 15 is 0 Å². The zero-order valence-electron chi connectivity index (χ0n) is 12.6. The molecular weight excluding hydrogens is 264 g/mol. The zero-order chi connectivity index (χ0) is 14.9. The fourth-order valence-corrected chi connectivity index (χ4v) is 2.00. The molecule has 1 aliphatic rings. The van der Waals surface area contributed by atoms with Gasteiger partial charge in [0.2, 0.25) is 5.91 Å². The minimum atomic E-state index is -0.0136. The molecule has 114 valence electrons. The second-order valence-corrected chi connectivity index (χ2v) is 5.34. The minimum absolute atomic E-state index is 0.0136. The third kappa shape index (κ3) is 6.29. The van der Waals surface area contributed by atoms with Crippen molar-refractivity contribution in [3.8, 4) is 0 Å². The van der Waals surface area contributed by atoms with Gasteiger partial charge in [0.1, 0.15) is 0 Å². The third-order valence-corrected chi connectivity index (χ3v) is 3.47. The van der Waals surface area contributed by atoms with E-state index in [0.717, 1.165) is 18.9 Å². The molecule has 0 unspecified atom stereocenters. The van der Waals surface area contributed by atoms with Gasteiger partial charge in [0, 0.05) is 20.1 Å². The molecule has 1 aromatic carbocycles. The molecule has 1 amide bonds. The van der Waals surface area contributed by atoms with Crippen LogP contribution < -0.4 is 16.0 Å². The van der Waals surface area contributed by atoms with E-state index in [1.807, 2.05) is 18.2 Å². The summed E-state index contributed by atoms with van der Waals surface area (Å²) in [5, 5.41) is 9.16. The summed E-state index contributed by atoms with van der Waals surface area (Å²) in [6, 6.07) is 10.1. The molecule has 5 heteroatoms. The van der Waals surface area contributed by atoms with Crippen LogP contribution in [0, 0.1) is 5.92 Å². The van der Waals surface area contributed by atoms with Crippen molar-refractivity contribution in [2.24, 2.45) is 10.9 Å². The summed E-state index contributed by atoms with van der Waals surface area (Å²) in [5.41, 5.74) is 1.23. The molecular formula is C16H24N4O. The highest BCUT2D eigenvalue weighted by Crippen LogP contribution is 2.27. The quantitative estimate of drug-likeness (QED) is 0.516. The van der Waals surface area contributed by atoms with E-state index in [1.54, 1.807) is 7.05 Å². The largest absolute Gasteiger partial charge is 0.356 e. The van der Waals surface area contributed by atoms with Crippen LogP contribution in [0.4, 0.5) is 0 Å². The number of rotatable bonds is 7. The van der Waals surface area contributed by atoms with Gasteiger partial charge in [0.05, 0.1) is 6.54 Å². The van der Waals surface area contributed by atoms with Crippen molar-refractivity contribution in [2.45, 2.75) is 19.3 Å². The normalized spacial score (nSPS) is 14.6. The number of carbonyl (C=O) groups is 1. The number of hydrogen-bond acceptors (Lipinski definition) is 2. The summed E-state index contributed by atoms with van der Waals surface area (Å²) in [6.07, 6.45) is 3.44. The molecule has 1 saturated carbocycles. The average Bonchev–Trinajstić information content (AvgIpc) is 3.33. The molecule has 1 fully saturated rings. The van der Waals surface area contributed by atoms with Gasteiger partial charge in [-0.25, -0.2) is 0 Å². The smallest absolute Gasteiger partial charge is 0.239 e. The average molecular weight is 288 g/mol. The second-order valence-electron chi connectivity index (χ2n) is 5.34. The summed E-state index contributed by atoms with van der Waals surface area (Å²) >= 11 is 0. The molecule has 0 atom stereocenters. The summed E-state index contributed by atoms with van der Waals surface area (Å²) in [5.74, 6) is 1.46. The lowest BCUT2D eigenvalue weighted by Gasteiger charge is -2.11. The molecule has 21 heavy (non-hydrogen) atoms. The van der Waals surface area contributed by atoms with E-state index in [9.17, 15) is 4.79 Å². The van der Waals surface area contributed by atoms with Gasteiger partial charge in [0.15, 0.2) is 5.96 Å². The van der Waals surface area contributed by atoms with Crippen LogP contribution in [0.15, 0.2) is 35.3 Å². The second kappa shape index (κ2) is 8.29. The van der Waals surface area contributed by atoms with Crippen LogP contribution in [0.5, 0.6) is 0 Å². The van der Waals surface area contributed by atoms with Gasteiger partial charge in [-0.05, 0) is 30.7 Å². The molecule has 0 aromatic heterocycles. The molecule has 0 heterocycles. The zero-order valence-corrected chi connectivity index (χ0v) is 12.6. The van der Waals surface area contributed by atoms with Gasteiger partial charge in [-0.1, -0.05) is 30.3 Å². The maximum absolute atomic E-state index is 11.7. The minimum Gasteiger partial charge on any atom is -0.356 e. The summed E-state index contributed by atoms with van der Waals surface area (Å²) in [4.78, 5) is 15.8.